The second kappa shape index (κ2) is 6.68. The van der Waals surface area contributed by atoms with Gasteiger partial charge in [0.25, 0.3) is 0 Å². The van der Waals surface area contributed by atoms with E-state index in [1.807, 2.05) is 0 Å². The Morgan fingerprint density at radius 2 is 2.09 bits per heavy atom. The summed E-state index contributed by atoms with van der Waals surface area (Å²) >= 11 is 5.50. The lowest BCUT2D eigenvalue weighted by Gasteiger charge is -2.06. The number of rotatable bonds is 6. The van der Waals surface area contributed by atoms with Gasteiger partial charge in [-0.1, -0.05) is 50.8 Å². The van der Waals surface area contributed by atoms with Gasteiger partial charge < -0.3 is 5.11 Å². The molecule has 1 atom stereocenters. The third kappa shape index (κ3) is 6.39. The zero-order valence-corrected chi connectivity index (χ0v) is 7.90. The molecule has 66 valence electrons. The molecule has 0 radical (unpaired) electrons. The SMILES string of the molecule is C=C(Cl)C(O)CCCCCC. The van der Waals surface area contributed by atoms with Crippen LogP contribution in [0, 0.1) is 0 Å². The molecule has 0 heterocycles. The molecule has 0 spiro atoms. The van der Waals surface area contributed by atoms with Crippen LogP contribution in [0.3, 0.4) is 0 Å². The van der Waals surface area contributed by atoms with Crippen molar-refractivity contribution < 1.29 is 5.11 Å². The van der Waals surface area contributed by atoms with E-state index in [9.17, 15) is 5.11 Å². The average molecular weight is 177 g/mol. The van der Waals surface area contributed by atoms with E-state index >= 15 is 0 Å². The van der Waals surface area contributed by atoms with Crippen molar-refractivity contribution in [2.45, 2.75) is 45.1 Å². The van der Waals surface area contributed by atoms with E-state index in [4.69, 9.17) is 11.6 Å². The normalized spacial score (nSPS) is 13.0. The van der Waals surface area contributed by atoms with Gasteiger partial charge in [-0.25, -0.2) is 0 Å². The average Bonchev–Trinajstić information content (AvgIpc) is 1.97. The van der Waals surface area contributed by atoms with Gasteiger partial charge in [0.1, 0.15) is 0 Å². The van der Waals surface area contributed by atoms with Crippen LogP contribution in [0.25, 0.3) is 0 Å². The molecule has 11 heavy (non-hydrogen) atoms. The molecule has 0 aliphatic rings. The summed E-state index contributed by atoms with van der Waals surface area (Å²) in [4.78, 5) is 0. The minimum atomic E-state index is -0.506. The molecule has 0 saturated carbocycles. The van der Waals surface area contributed by atoms with Gasteiger partial charge in [-0.05, 0) is 6.42 Å². The fourth-order valence-electron chi connectivity index (χ4n) is 0.921. The van der Waals surface area contributed by atoms with Crippen LogP contribution in [-0.4, -0.2) is 11.2 Å². The predicted molar refractivity (Wildman–Crippen MR) is 49.8 cm³/mol. The fourth-order valence-corrected chi connectivity index (χ4v) is 1.03. The summed E-state index contributed by atoms with van der Waals surface area (Å²) in [5, 5.41) is 9.56. The van der Waals surface area contributed by atoms with Crippen LogP contribution >= 0.6 is 11.6 Å². The highest BCUT2D eigenvalue weighted by molar-refractivity contribution is 6.29. The molecule has 1 N–H and O–H groups in total. The first-order valence-electron chi connectivity index (χ1n) is 4.20. The van der Waals surface area contributed by atoms with Crippen molar-refractivity contribution in [2.75, 3.05) is 0 Å². The Labute approximate surface area is 74.1 Å². The third-order valence-electron chi connectivity index (χ3n) is 1.69. The Bertz CT molecular complexity index is 112. The van der Waals surface area contributed by atoms with Gasteiger partial charge in [0, 0.05) is 5.03 Å². The molecule has 0 aromatic heterocycles. The van der Waals surface area contributed by atoms with Crippen molar-refractivity contribution in [3.05, 3.63) is 11.6 Å². The van der Waals surface area contributed by atoms with Crippen molar-refractivity contribution in [1.29, 1.82) is 0 Å². The molecule has 0 saturated heterocycles. The Balaban J connectivity index is 3.17. The summed E-state index contributed by atoms with van der Waals surface area (Å²) in [6, 6.07) is 0. The van der Waals surface area contributed by atoms with E-state index < -0.39 is 6.10 Å². The van der Waals surface area contributed by atoms with Crippen LogP contribution in [-0.2, 0) is 0 Å². The molecule has 0 aliphatic heterocycles. The van der Waals surface area contributed by atoms with Crippen molar-refractivity contribution in [2.24, 2.45) is 0 Å². The topological polar surface area (TPSA) is 20.2 Å². The van der Waals surface area contributed by atoms with Gasteiger partial charge in [0.05, 0.1) is 6.10 Å². The Kier molecular flexibility index (Phi) is 6.68. The maximum absolute atomic E-state index is 9.19. The van der Waals surface area contributed by atoms with E-state index in [-0.39, 0.29) is 0 Å². The second-order valence-corrected chi connectivity index (χ2v) is 3.30. The van der Waals surface area contributed by atoms with Gasteiger partial charge in [0.2, 0.25) is 0 Å². The Hall–Kier alpha value is -0.0100. The monoisotopic (exact) mass is 176 g/mol. The first kappa shape index (κ1) is 11.0. The van der Waals surface area contributed by atoms with E-state index in [1.54, 1.807) is 0 Å². The van der Waals surface area contributed by atoms with Crippen LogP contribution < -0.4 is 0 Å². The predicted octanol–water partition coefficient (Wildman–Crippen LogP) is 3.07. The van der Waals surface area contributed by atoms with Crippen molar-refractivity contribution in [1.82, 2.24) is 0 Å². The molecule has 0 amide bonds. The van der Waals surface area contributed by atoms with Crippen molar-refractivity contribution in [3.8, 4) is 0 Å². The van der Waals surface area contributed by atoms with Crippen LogP contribution in [0.4, 0.5) is 0 Å². The molecule has 0 bridgehead atoms. The summed E-state index contributed by atoms with van der Waals surface area (Å²) in [5.41, 5.74) is 0. The molecule has 0 aliphatic carbocycles. The molecular weight excluding hydrogens is 160 g/mol. The minimum Gasteiger partial charge on any atom is -0.388 e. The number of unbranched alkanes of at least 4 members (excludes halogenated alkanes) is 3. The largest absolute Gasteiger partial charge is 0.388 e. The smallest absolute Gasteiger partial charge is 0.0889 e. The highest BCUT2D eigenvalue weighted by Crippen LogP contribution is 2.12. The maximum atomic E-state index is 9.19. The molecule has 0 fully saturated rings. The lowest BCUT2D eigenvalue weighted by atomic mass is 10.1. The lowest BCUT2D eigenvalue weighted by Crippen LogP contribution is -2.04. The minimum absolute atomic E-state index is 0.362. The van der Waals surface area contributed by atoms with E-state index in [2.05, 4.69) is 13.5 Å². The summed E-state index contributed by atoms with van der Waals surface area (Å²) in [6.07, 6.45) is 4.92. The summed E-state index contributed by atoms with van der Waals surface area (Å²) in [6.45, 7) is 5.63. The summed E-state index contributed by atoms with van der Waals surface area (Å²) in [5.74, 6) is 0. The number of halogens is 1. The number of hydrogen-bond acceptors (Lipinski definition) is 1. The van der Waals surface area contributed by atoms with Crippen molar-refractivity contribution in [3.63, 3.8) is 0 Å². The van der Waals surface area contributed by atoms with E-state index in [0.29, 0.717) is 5.03 Å². The first-order valence-corrected chi connectivity index (χ1v) is 4.58. The number of hydrogen-bond donors (Lipinski definition) is 1. The molecule has 1 unspecified atom stereocenters. The quantitative estimate of drug-likeness (QED) is 0.617. The summed E-state index contributed by atoms with van der Waals surface area (Å²) < 4.78 is 0. The molecule has 0 aromatic carbocycles. The van der Waals surface area contributed by atoms with Crippen molar-refractivity contribution >= 4 is 11.6 Å². The van der Waals surface area contributed by atoms with Crippen LogP contribution in [0.5, 0.6) is 0 Å². The van der Waals surface area contributed by atoms with E-state index in [1.165, 1.54) is 19.3 Å². The van der Waals surface area contributed by atoms with Gasteiger partial charge in [0.15, 0.2) is 0 Å². The van der Waals surface area contributed by atoms with Gasteiger partial charge >= 0.3 is 0 Å². The van der Waals surface area contributed by atoms with Crippen LogP contribution in [0.1, 0.15) is 39.0 Å². The molecule has 2 heteroatoms. The van der Waals surface area contributed by atoms with Gasteiger partial charge in [-0.2, -0.15) is 0 Å². The third-order valence-corrected chi connectivity index (χ3v) is 1.94. The Morgan fingerprint density at radius 1 is 1.45 bits per heavy atom. The molecule has 0 aromatic rings. The number of aliphatic hydroxyl groups is 1. The Morgan fingerprint density at radius 3 is 2.55 bits per heavy atom. The highest BCUT2D eigenvalue weighted by atomic mass is 35.5. The molecule has 0 rings (SSSR count). The molecule has 1 nitrogen and oxygen atoms in total. The summed E-state index contributed by atoms with van der Waals surface area (Å²) in [7, 11) is 0. The zero-order chi connectivity index (χ0) is 8.69. The fraction of sp³-hybridized carbons (Fsp3) is 0.778. The lowest BCUT2D eigenvalue weighted by molar-refractivity contribution is 0.204. The standard InChI is InChI=1S/C9H17ClO/c1-3-4-5-6-7-9(11)8(2)10/h9,11H,2-7H2,1H3. The van der Waals surface area contributed by atoms with Crippen LogP contribution in [0.15, 0.2) is 11.6 Å². The maximum Gasteiger partial charge on any atom is 0.0889 e. The van der Waals surface area contributed by atoms with Crippen LogP contribution in [0.2, 0.25) is 0 Å². The van der Waals surface area contributed by atoms with E-state index in [0.717, 1.165) is 12.8 Å². The van der Waals surface area contributed by atoms with Gasteiger partial charge in [-0.15, -0.1) is 0 Å². The first-order chi connectivity index (χ1) is 5.18. The number of aliphatic hydroxyl groups excluding tert-OH is 1. The zero-order valence-electron chi connectivity index (χ0n) is 7.15. The molecular formula is C9H17ClO. The highest BCUT2D eigenvalue weighted by Gasteiger charge is 2.04. The van der Waals surface area contributed by atoms with Gasteiger partial charge in [-0.3, -0.25) is 0 Å². The second-order valence-electron chi connectivity index (χ2n) is 2.81.